The van der Waals surface area contributed by atoms with Crippen LogP contribution in [0.5, 0.6) is 0 Å². The Morgan fingerprint density at radius 2 is 1.38 bits per heavy atom. The number of fused-ring (bicyclic) bond motifs is 1. The Labute approximate surface area is 174 Å². The first kappa shape index (κ1) is 19.4. The van der Waals surface area contributed by atoms with Gasteiger partial charge in [0, 0.05) is 19.5 Å². The van der Waals surface area contributed by atoms with Crippen molar-refractivity contribution in [1.29, 1.82) is 0 Å². The van der Waals surface area contributed by atoms with E-state index >= 15 is 0 Å². The monoisotopic (exact) mass is 383 g/mol. The summed E-state index contributed by atoms with van der Waals surface area (Å²) >= 11 is 0. The van der Waals surface area contributed by atoms with Crippen LogP contribution in [-0.4, -0.2) is 10.8 Å². The van der Waals surface area contributed by atoms with Gasteiger partial charge in [0.15, 0.2) is 0 Å². The molecule has 3 aromatic carbocycles. The number of hydrogen-bond acceptors (Lipinski definition) is 1. The predicted octanol–water partition coefficient (Wildman–Crippen LogP) is 6.12. The van der Waals surface area contributed by atoms with Gasteiger partial charge in [0.2, 0.25) is 5.91 Å². The van der Waals surface area contributed by atoms with E-state index in [1.807, 2.05) is 41.3 Å². The Balaban J connectivity index is 1.45. The number of nitrogens with zero attached hydrogens (tertiary/aromatic N) is 1. The molecule has 1 aliphatic carbocycles. The highest BCUT2D eigenvalue weighted by atomic mass is 16.2. The van der Waals surface area contributed by atoms with Crippen LogP contribution in [0.4, 0.5) is 0 Å². The molecule has 29 heavy (non-hydrogen) atoms. The average molecular weight is 384 g/mol. The molecule has 0 aromatic heterocycles. The molecule has 0 heterocycles. The molecular formula is C27H29NO. The summed E-state index contributed by atoms with van der Waals surface area (Å²) in [5, 5.41) is 0. The zero-order chi connectivity index (χ0) is 19.9. The van der Waals surface area contributed by atoms with Gasteiger partial charge < -0.3 is 4.90 Å². The van der Waals surface area contributed by atoms with E-state index in [2.05, 4.69) is 48.5 Å². The number of carbonyl (C=O) groups is 1. The van der Waals surface area contributed by atoms with Crippen molar-refractivity contribution in [3.8, 4) is 0 Å². The minimum Gasteiger partial charge on any atom is -0.334 e. The lowest BCUT2D eigenvalue weighted by molar-refractivity contribution is -0.132. The molecule has 0 spiro atoms. The van der Waals surface area contributed by atoms with Crippen LogP contribution in [-0.2, 0) is 24.3 Å². The van der Waals surface area contributed by atoms with Gasteiger partial charge in [-0.2, -0.15) is 0 Å². The SMILES string of the molecule is O=C(CCC1CCCc2ccccc21)N(Cc1ccccc1)Cc1ccccc1. The maximum atomic E-state index is 13.2. The van der Waals surface area contributed by atoms with E-state index in [-0.39, 0.29) is 5.91 Å². The first-order valence-corrected chi connectivity index (χ1v) is 10.7. The van der Waals surface area contributed by atoms with Crippen molar-refractivity contribution in [2.24, 2.45) is 0 Å². The van der Waals surface area contributed by atoms with E-state index in [9.17, 15) is 4.79 Å². The van der Waals surface area contributed by atoms with Crippen LogP contribution in [0.2, 0.25) is 0 Å². The molecule has 1 amide bonds. The Morgan fingerprint density at radius 1 is 0.793 bits per heavy atom. The molecule has 3 aromatic rings. The van der Waals surface area contributed by atoms with E-state index < -0.39 is 0 Å². The van der Waals surface area contributed by atoms with Crippen LogP contribution in [0.25, 0.3) is 0 Å². The fourth-order valence-electron chi connectivity index (χ4n) is 4.45. The van der Waals surface area contributed by atoms with Gasteiger partial charge in [0.1, 0.15) is 0 Å². The summed E-state index contributed by atoms with van der Waals surface area (Å²) < 4.78 is 0. The van der Waals surface area contributed by atoms with E-state index in [4.69, 9.17) is 0 Å². The minimum absolute atomic E-state index is 0.251. The fraction of sp³-hybridized carbons (Fsp3) is 0.296. The van der Waals surface area contributed by atoms with Crippen molar-refractivity contribution < 1.29 is 4.79 Å². The number of amides is 1. The summed E-state index contributed by atoms with van der Waals surface area (Å²) in [6.07, 6.45) is 5.15. The van der Waals surface area contributed by atoms with Crippen LogP contribution in [0.1, 0.15) is 53.9 Å². The highest BCUT2D eigenvalue weighted by molar-refractivity contribution is 5.76. The molecule has 2 heteroatoms. The lowest BCUT2D eigenvalue weighted by Gasteiger charge is -2.27. The molecule has 0 radical (unpaired) electrons. The second-order valence-corrected chi connectivity index (χ2v) is 8.05. The van der Waals surface area contributed by atoms with Crippen molar-refractivity contribution in [2.75, 3.05) is 0 Å². The molecule has 1 unspecified atom stereocenters. The lowest BCUT2D eigenvalue weighted by atomic mass is 9.80. The highest BCUT2D eigenvalue weighted by Gasteiger charge is 2.22. The fourth-order valence-corrected chi connectivity index (χ4v) is 4.45. The van der Waals surface area contributed by atoms with Gasteiger partial charge in [-0.3, -0.25) is 4.79 Å². The molecule has 0 N–H and O–H groups in total. The van der Waals surface area contributed by atoms with Gasteiger partial charge in [-0.25, -0.2) is 0 Å². The second-order valence-electron chi connectivity index (χ2n) is 8.05. The van der Waals surface area contributed by atoms with Crippen molar-refractivity contribution in [3.05, 3.63) is 107 Å². The number of rotatable bonds is 7. The van der Waals surface area contributed by atoms with Crippen LogP contribution in [0.15, 0.2) is 84.9 Å². The molecule has 0 fully saturated rings. The van der Waals surface area contributed by atoms with Crippen LogP contribution < -0.4 is 0 Å². The van der Waals surface area contributed by atoms with Crippen molar-refractivity contribution in [2.45, 2.75) is 51.1 Å². The zero-order valence-electron chi connectivity index (χ0n) is 17.0. The van der Waals surface area contributed by atoms with Crippen LogP contribution in [0.3, 0.4) is 0 Å². The summed E-state index contributed by atoms with van der Waals surface area (Å²) in [5.41, 5.74) is 5.30. The Kier molecular flexibility index (Phi) is 6.41. The highest BCUT2D eigenvalue weighted by Crippen LogP contribution is 2.34. The quantitative estimate of drug-likeness (QED) is 0.481. The van der Waals surface area contributed by atoms with E-state index in [0.717, 1.165) is 6.42 Å². The molecular weight excluding hydrogens is 354 g/mol. The maximum absolute atomic E-state index is 13.2. The number of carbonyl (C=O) groups excluding carboxylic acids is 1. The summed E-state index contributed by atoms with van der Waals surface area (Å²) in [4.78, 5) is 15.2. The molecule has 0 aliphatic heterocycles. The summed E-state index contributed by atoms with van der Waals surface area (Å²) in [7, 11) is 0. The zero-order valence-corrected chi connectivity index (χ0v) is 17.0. The smallest absolute Gasteiger partial charge is 0.223 e. The second kappa shape index (κ2) is 9.56. The third kappa shape index (κ3) is 5.14. The van der Waals surface area contributed by atoms with E-state index in [1.165, 1.54) is 41.5 Å². The summed E-state index contributed by atoms with van der Waals surface area (Å²) in [5.74, 6) is 0.764. The van der Waals surface area contributed by atoms with Gasteiger partial charge in [0.25, 0.3) is 0 Å². The van der Waals surface area contributed by atoms with E-state index in [1.54, 1.807) is 0 Å². The Bertz CT molecular complexity index is 878. The maximum Gasteiger partial charge on any atom is 0.223 e. The third-order valence-electron chi connectivity index (χ3n) is 5.99. The molecule has 0 bridgehead atoms. The molecule has 4 rings (SSSR count). The van der Waals surface area contributed by atoms with Gasteiger partial charge in [-0.15, -0.1) is 0 Å². The average Bonchev–Trinajstić information content (AvgIpc) is 2.78. The molecule has 1 aliphatic rings. The summed E-state index contributed by atoms with van der Waals surface area (Å²) in [6.45, 7) is 1.33. The van der Waals surface area contributed by atoms with Crippen molar-refractivity contribution in [1.82, 2.24) is 4.90 Å². The Morgan fingerprint density at radius 3 is 2.03 bits per heavy atom. The standard InChI is InChI=1S/C27H29NO/c29-27(19-18-25-16-9-15-24-14-7-8-17-26(24)25)28(20-22-10-3-1-4-11-22)21-23-12-5-2-6-13-23/h1-8,10-14,17,25H,9,15-16,18-21H2. The van der Waals surface area contributed by atoms with Gasteiger partial charge in [-0.1, -0.05) is 84.9 Å². The Hall–Kier alpha value is -2.87. The molecule has 2 nitrogen and oxygen atoms in total. The lowest BCUT2D eigenvalue weighted by Crippen LogP contribution is -2.30. The number of aryl methyl sites for hydroxylation is 1. The molecule has 0 saturated heterocycles. The largest absolute Gasteiger partial charge is 0.334 e. The first-order valence-electron chi connectivity index (χ1n) is 10.7. The number of benzene rings is 3. The van der Waals surface area contributed by atoms with Gasteiger partial charge in [0.05, 0.1) is 0 Å². The van der Waals surface area contributed by atoms with Gasteiger partial charge >= 0.3 is 0 Å². The predicted molar refractivity (Wildman–Crippen MR) is 118 cm³/mol. The molecule has 0 saturated carbocycles. The molecule has 148 valence electrons. The summed E-state index contributed by atoms with van der Waals surface area (Å²) in [6, 6.07) is 29.4. The van der Waals surface area contributed by atoms with Gasteiger partial charge in [-0.05, 0) is 53.9 Å². The van der Waals surface area contributed by atoms with Crippen LogP contribution >= 0.6 is 0 Å². The van der Waals surface area contributed by atoms with E-state index in [0.29, 0.717) is 25.4 Å². The normalized spacial score (nSPS) is 15.5. The first-order chi connectivity index (χ1) is 14.3. The van der Waals surface area contributed by atoms with Crippen molar-refractivity contribution in [3.63, 3.8) is 0 Å². The topological polar surface area (TPSA) is 20.3 Å². The minimum atomic E-state index is 0.251. The number of hydrogen-bond donors (Lipinski definition) is 0. The van der Waals surface area contributed by atoms with Crippen molar-refractivity contribution >= 4 is 5.91 Å². The van der Waals surface area contributed by atoms with Crippen LogP contribution in [0, 0.1) is 0 Å². The third-order valence-corrected chi connectivity index (χ3v) is 5.99. The molecule has 1 atom stereocenters.